The lowest BCUT2D eigenvalue weighted by molar-refractivity contribution is -0.325. The summed E-state index contributed by atoms with van der Waals surface area (Å²) in [5, 5.41) is 10.1. The van der Waals surface area contributed by atoms with Crippen molar-refractivity contribution < 1.29 is 32.5 Å². The maximum absolute atomic E-state index is 11.6. The lowest BCUT2D eigenvalue weighted by Crippen LogP contribution is -2.18. The van der Waals surface area contributed by atoms with Crippen LogP contribution in [0.2, 0.25) is 0 Å². The van der Waals surface area contributed by atoms with Crippen LogP contribution in [0.3, 0.4) is 0 Å². The molecule has 0 fully saturated rings. The van der Waals surface area contributed by atoms with E-state index in [1.165, 1.54) is 11.4 Å². The Morgan fingerprint density at radius 1 is 1.44 bits per heavy atom. The van der Waals surface area contributed by atoms with E-state index in [-0.39, 0.29) is 17.2 Å². The summed E-state index contributed by atoms with van der Waals surface area (Å²) in [6, 6.07) is 1.38. The zero-order valence-corrected chi connectivity index (χ0v) is 8.60. The first-order valence-electron chi connectivity index (χ1n) is 4.04. The molecule has 0 spiro atoms. The molecule has 0 aliphatic rings. The summed E-state index contributed by atoms with van der Waals surface area (Å²) in [5.74, 6) is -1.13. The van der Waals surface area contributed by atoms with E-state index in [1.54, 1.807) is 0 Å². The van der Waals surface area contributed by atoms with Crippen LogP contribution in [0.1, 0.15) is 9.67 Å². The fraction of sp³-hybridized carbons (Fsp3) is 0.375. The first kappa shape index (κ1) is 12.8. The van der Waals surface area contributed by atoms with Crippen molar-refractivity contribution in [3.05, 3.63) is 16.3 Å². The molecule has 0 atom stereocenters. The molecule has 4 nitrogen and oxygen atoms in total. The third kappa shape index (κ3) is 4.07. The first-order chi connectivity index (χ1) is 7.40. The summed E-state index contributed by atoms with van der Waals surface area (Å²) in [7, 11) is 0. The maximum atomic E-state index is 11.6. The van der Waals surface area contributed by atoms with Gasteiger partial charge in [-0.2, -0.15) is 0 Å². The molecule has 1 aromatic heterocycles. The number of alkyl halides is 3. The van der Waals surface area contributed by atoms with Crippen molar-refractivity contribution in [2.45, 2.75) is 6.36 Å². The van der Waals surface area contributed by atoms with Crippen molar-refractivity contribution in [2.24, 2.45) is 0 Å². The summed E-state index contributed by atoms with van der Waals surface area (Å²) in [6.45, 7) is -1.05. The number of rotatable bonds is 5. The van der Waals surface area contributed by atoms with Crippen molar-refractivity contribution in [1.29, 1.82) is 0 Å². The minimum absolute atomic E-state index is 0.0447. The highest BCUT2D eigenvalue weighted by Crippen LogP contribution is 2.24. The molecule has 1 aromatic rings. The van der Waals surface area contributed by atoms with E-state index in [1.807, 2.05) is 0 Å². The molecule has 1 N–H and O–H groups in total. The second-order valence-corrected chi connectivity index (χ2v) is 3.48. The van der Waals surface area contributed by atoms with Crippen LogP contribution in [-0.4, -0.2) is 30.7 Å². The van der Waals surface area contributed by atoms with Crippen molar-refractivity contribution in [2.75, 3.05) is 13.2 Å². The summed E-state index contributed by atoms with van der Waals surface area (Å²) in [4.78, 5) is 10.5. The lowest BCUT2D eigenvalue weighted by atomic mass is 10.4. The smallest absolute Gasteiger partial charge is 0.489 e. The zero-order valence-electron chi connectivity index (χ0n) is 7.78. The van der Waals surface area contributed by atoms with Crippen LogP contribution >= 0.6 is 11.3 Å². The number of hydrogen-bond acceptors (Lipinski definition) is 4. The van der Waals surface area contributed by atoms with E-state index in [0.717, 1.165) is 11.3 Å². The van der Waals surface area contributed by atoms with E-state index >= 15 is 0 Å². The Morgan fingerprint density at radius 2 is 2.12 bits per heavy atom. The maximum Gasteiger partial charge on any atom is 0.522 e. The zero-order chi connectivity index (χ0) is 12.2. The van der Waals surface area contributed by atoms with E-state index in [0.29, 0.717) is 0 Å². The van der Waals surface area contributed by atoms with Gasteiger partial charge in [0.1, 0.15) is 12.4 Å². The van der Waals surface area contributed by atoms with Gasteiger partial charge in [-0.05, 0) is 11.4 Å². The number of halogens is 3. The van der Waals surface area contributed by atoms with E-state index in [2.05, 4.69) is 4.74 Å². The number of hydrogen-bond donors (Lipinski definition) is 1. The predicted molar refractivity (Wildman–Crippen MR) is 48.8 cm³/mol. The van der Waals surface area contributed by atoms with Crippen LogP contribution < -0.4 is 4.74 Å². The molecule has 8 heteroatoms. The highest BCUT2D eigenvalue weighted by molar-refractivity contribution is 7.12. The molecule has 0 saturated carbocycles. The fourth-order valence-electron chi connectivity index (χ4n) is 0.876. The highest BCUT2D eigenvalue weighted by atomic mass is 32.1. The standard InChI is InChI=1S/C8H7F3O4S/c9-8(10,11)15-3-2-14-5-1-4-16-6(5)7(12)13/h1,4H,2-3H2,(H,12,13). The average Bonchev–Trinajstić information content (AvgIpc) is 2.58. The Balaban J connectivity index is 2.38. The van der Waals surface area contributed by atoms with Gasteiger partial charge in [0.25, 0.3) is 0 Å². The van der Waals surface area contributed by atoms with Crippen LogP contribution in [0.25, 0.3) is 0 Å². The second-order valence-electron chi connectivity index (χ2n) is 2.56. The molecule has 16 heavy (non-hydrogen) atoms. The number of carbonyl (C=O) groups is 1. The Bertz CT molecular complexity index is 360. The SMILES string of the molecule is O=C(O)c1sccc1OCCOC(F)(F)F. The van der Waals surface area contributed by atoms with Crippen LogP contribution in [0.5, 0.6) is 5.75 Å². The van der Waals surface area contributed by atoms with Crippen LogP contribution in [0.15, 0.2) is 11.4 Å². The molecule has 0 radical (unpaired) electrons. The lowest BCUT2D eigenvalue weighted by Gasteiger charge is -2.08. The molecule has 0 amide bonds. The molecule has 0 unspecified atom stereocenters. The summed E-state index contributed by atoms with van der Waals surface area (Å²) in [5.41, 5.74) is 0. The summed E-state index contributed by atoms with van der Waals surface area (Å²) in [6.07, 6.45) is -4.70. The second kappa shape index (κ2) is 5.17. The molecular formula is C8H7F3O4S. The minimum Gasteiger partial charge on any atom is -0.489 e. The van der Waals surface area contributed by atoms with Crippen molar-refractivity contribution >= 4 is 17.3 Å². The Morgan fingerprint density at radius 3 is 2.69 bits per heavy atom. The molecule has 0 aliphatic carbocycles. The molecule has 1 heterocycles. The van der Waals surface area contributed by atoms with Gasteiger partial charge in [0.15, 0.2) is 4.88 Å². The van der Waals surface area contributed by atoms with Crippen LogP contribution in [0, 0.1) is 0 Å². The van der Waals surface area contributed by atoms with Gasteiger partial charge in [-0.25, -0.2) is 4.79 Å². The number of carboxylic acid groups (broad SMARTS) is 1. The summed E-state index contributed by atoms with van der Waals surface area (Å²) < 4.78 is 43.0. The van der Waals surface area contributed by atoms with E-state index < -0.39 is 18.9 Å². The van der Waals surface area contributed by atoms with Crippen LogP contribution in [-0.2, 0) is 4.74 Å². The average molecular weight is 256 g/mol. The fourth-order valence-corrected chi connectivity index (χ4v) is 1.55. The number of aromatic carboxylic acids is 1. The van der Waals surface area contributed by atoms with Gasteiger partial charge in [0.05, 0.1) is 6.61 Å². The normalized spacial score (nSPS) is 11.4. The van der Waals surface area contributed by atoms with Crippen molar-refractivity contribution in [3.63, 3.8) is 0 Å². The van der Waals surface area contributed by atoms with Crippen LogP contribution in [0.4, 0.5) is 13.2 Å². The number of ether oxygens (including phenoxy) is 2. The van der Waals surface area contributed by atoms with Gasteiger partial charge in [0.2, 0.25) is 0 Å². The Labute approximate surface area is 92.2 Å². The third-order valence-electron chi connectivity index (χ3n) is 1.43. The first-order valence-corrected chi connectivity index (χ1v) is 4.92. The Kier molecular flexibility index (Phi) is 4.13. The van der Waals surface area contributed by atoms with Gasteiger partial charge >= 0.3 is 12.3 Å². The number of carboxylic acids is 1. The largest absolute Gasteiger partial charge is 0.522 e. The molecule has 0 aromatic carbocycles. The van der Waals surface area contributed by atoms with Crippen molar-refractivity contribution in [1.82, 2.24) is 0 Å². The predicted octanol–water partition coefficient (Wildman–Crippen LogP) is 2.36. The monoisotopic (exact) mass is 256 g/mol. The van der Waals surface area contributed by atoms with Gasteiger partial charge in [-0.3, -0.25) is 4.74 Å². The molecular weight excluding hydrogens is 249 g/mol. The molecule has 1 rings (SSSR count). The molecule has 0 bridgehead atoms. The topological polar surface area (TPSA) is 55.8 Å². The molecule has 90 valence electrons. The third-order valence-corrected chi connectivity index (χ3v) is 2.31. The minimum atomic E-state index is -4.70. The van der Waals surface area contributed by atoms with Gasteiger partial charge in [-0.15, -0.1) is 24.5 Å². The number of thiophene rings is 1. The molecule has 0 saturated heterocycles. The highest BCUT2D eigenvalue weighted by Gasteiger charge is 2.28. The summed E-state index contributed by atoms with van der Waals surface area (Å²) >= 11 is 0.934. The quantitative estimate of drug-likeness (QED) is 0.822. The Hall–Kier alpha value is -1.28. The molecule has 0 aliphatic heterocycles. The van der Waals surface area contributed by atoms with Gasteiger partial charge in [0, 0.05) is 0 Å². The van der Waals surface area contributed by atoms with Crippen molar-refractivity contribution in [3.8, 4) is 5.75 Å². The van der Waals surface area contributed by atoms with Gasteiger partial charge in [-0.1, -0.05) is 0 Å². The van der Waals surface area contributed by atoms with E-state index in [4.69, 9.17) is 9.84 Å². The van der Waals surface area contributed by atoms with Gasteiger partial charge < -0.3 is 9.84 Å². The van der Waals surface area contributed by atoms with E-state index in [9.17, 15) is 18.0 Å².